The Labute approximate surface area is 122 Å². The van der Waals surface area contributed by atoms with Gasteiger partial charge in [-0.25, -0.2) is 0 Å². The van der Waals surface area contributed by atoms with Crippen LogP contribution in [0.4, 0.5) is 0 Å². The third-order valence-electron chi connectivity index (χ3n) is 3.82. The summed E-state index contributed by atoms with van der Waals surface area (Å²) in [7, 11) is 1.97. The number of nitrogens with zero attached hydrogens (tertiary/aromatic N) is 2. The molecule has 0 radical (unpaired) electrons. The van der Waals surface area contributed by atoms with Gasteiger partial charge in [0.05, 0.1) is 11.7 Å². The summed E-state index contributed by atoms with van der Waals surface area (Å²) >= 11 is 0. The zero-order chi connectivity index (χ0) is 14.7. The van der Waals surface area contributed by atoms with Crippen LogP contribution in [0.3, 0.4) is 0 Å². The van der Waals surface area contributed by atoms with Crippen molar-refractivity contribution < 1.29 is 0 Å². The van der Waals surface area contributed by atoms with Crippen molar-refractivity contribution >= 4 is 0 Å². The first kappa shape index (κ1) is 14.8. The average Bonchev–Trinajstić information content (AvgIpc) is 2.82. The number of benzene rings is 1. The van der Waals surface area contributed by atoms with Gasteiger partial charge in [0.25, 0.3) is 0 Å². The molecule has 0 fully saturated rings. The lowest BCUT2D eigenvalue weighted by molar-refractivity contribution is 0.573. The standard InChI is InChI=1S/C17H25N3/c1-6-8-18-17(16-7-9-20(5)19-16)15-11-13(3)12(2)10-14(15)4/h7,9-11,17-18H,6,8H2,1-5H3. The van der Waals surface area contributed by atoms with Crippen molar-refractivity contribution in [1.29, 1.82) is 0 Å². The molecule has 2 rings (SSSR count). The lowest BCUT2D eigenvalue weighted by atomic mass is 9.94. The van der Waals surface area contributed by atoms with Crippen LogP contribution in [0.2, 0.25) is 0 Å². The van der Waals surface area contributed by atoms with Gasteiger partial charge in [0.2, 0.25) is 0 Å². The summed E-state index contributed by atoms with van der Waals surface area (Å²) in [6.07, 6.45) is 3.12. The fourth-order valence-corrected chi connectivity index (χ4v) is 2.54. The van der Waals surface area contributed by atoms with Crippen LogP contribution < -0.4 is 5.32 Å². The Morgan fingerprint density at radius 1 is 1.15 bits per heavy atom. The van der Waals surface area contributed by atoms with Gasteiger partial charge >= 0.3 is 0 Å². The van der Waals surface area contributed by atoms with E-state index in [1.54, 1.807) is 0 Å². The van der Waals surface area contributed by atoms with E-state index in [4.69, 9.17) is 0 Å². The minimum atomic E-state index is 0.176. The Balaban J connectivity index is 2.43. The third kappa shape index (κ3) is 3.10. The van der Waals surface area contributed by atoms with Crippen LogP contribution in [-0.4, -0.2) is 16.3 Å². The van der Waals surface area contributed by atoms with Crippen molar-refractivity contribution in [3.8, 4) is 0 Å². The summed E-state index contributed by atoms with van der Waals surface area (Å²) in [5.74, 6) is 0. The number of aromatic nitrogens is 2. The monoisotopic (exact) mass is 271 g/mol. The number of nitrogens with one attached hydrogen (secondary N) is 1. The normalized spacial score (nSPS) is 12.7. The topological polar surface area (TPSA) is 29.9 Å². The molecule has 0 saturated carbocycles. The van der Waals surface area contributed by atoms with Crippen LogP contribution in [0.15, 0.2) is 24.4 Å². The second-order valence-corrected chi connectivity index (χ2v) is 5.59. The highest BCUT2D eigenvalue weighted by atomic mass is 15.3. The van der Waals surface area contributed by atoms with Crippen molar-refractivity contribution in [1.82, 2.24) is 15.1 Å². The van der Waals surface area contributed by atoms with Gasteiger partial charge in [0.15, 0.2) is 0 Å². The highest BCUT2D eigenvalue weighted by Crippen LogP contribution is 2.26. The zero-order valence-electron chi connectivity index (χ0n) is 13.2. The molecule has 20 heavy (non-hydrogen) atoms. The van der Waals surface area contributed by atoms with Gasteiger partial charge in [-0.15, -0.1) is 0 Å². The van der Waals surface area contributed by atoms with Gasteiger partial charge in [-0.1, -0.05) is 19.1 Å². The van der Waals surface area contributed by atoms with E-state index in [0.717, 1.165) is 18.7 Å². The molecule has 0 saturated heterocycles. The van der Waals surface area contributed by atoms with E-state index in [0.29, 0.717) is 0 Å². The predicted octanol–water partition coefficient (Wildman–Crippen LogP) is 3.43. The summed E-state index contributed by atoms with van der Waals surface area (Å²) in [4.78, 5) is 0. The Hall–Kier alpha value is -1.61. The van der Waals surface area contributed by atoms with E-state index < -0.39 is 0 Å². The van der Waals surface area contributed by atoms with E-state index >= 15 is 0 Å². The first-order chi connectivity index (χ1) is 9.52. The SMILES string of the molecule is CCCNC(c1ccn(C)n1)c1cc(C)c(C)cc1C. The van der Waals surface area contributed by atoms with E-state index in [2.05, 4.69) is 56.3 Å². The maximum absolute atomic E-state index is 4.59. The molecule has 1 atom stereocenters. The summed E-state index contributed by atoms with van der Waals surface area (Å²) in [5, 5.41) is 8.21. The van der Waals surface area contributed by atoms with Crippen molar-refractivity contribution in [2.45, 2.75) is 40.2 Å². The Kier molecular flexibility index (Phi) is 4.61. The Morgan fingerprint density at radius 2 is 1.85 bits per heavy atom. The Bertz CT molecular complexity index is 584. The molecule has 0 amide bonds. The molecule has 108 valence electrons. The molecular weight excluding hydrogens is 246 g/mol. The van der Waals surface area contributed by atoms with Crippen LogP contribution in [0.5, 0.6) is 0 Å². The average molecular weight is 271 g/mol. The van der Waals surface area contributed by atoms with Crippen molar-refractivity contribution in [3.63, 3.8) is 0 Å². The van der Waals surface area contributed by atoms with Gasteiger partial charge in [-0.05, 0) is 62.1 Å². The summed E-state index contributed by atoms with van der Waals surface area (Å²) < 4.78 is 1.87. The van der Waals surface area contributed by atoms with E-state index in [9.17, 15) is 0 Å². The Morgan fingerprint density at radius 3 is 2.45 bits per heavy atom. The van der Waals surface area contributed by atoms with Gasteiger partial charge in [-0.3, -0.25) is 4.68 Å². The van der Waals surface area contributed by atoms with Gasteiger partial charge < -0.3 is 5.32 Å². The quantitative estimate of drug-likeness (QED) is 0.903. The number of aryl methyl sites for hydroxylation is 4. The lowest BCUT2D eigenvalue weighted by Crippen LogP contribution is -2.24. The highest BCUT2D eigenvalue weighted by molar-refractivity contribution is 5.41. The summed E-state index contributed by atoms with van der Waals surface area (Å²) in [6, 6.07) is 6.85. The molecule has 0 spiro atoms. The smallest absolute Gasteiger partial charge is 0.0839 e. The van der Waals surface area contributed by atoms with E-state index in [1.165, 1.54) is 22.3 Å². The molecule has 3 heteroatoms. The van der Waals surface area contributed by atoms with Crippen molar-refractivity contribution in [2.24, 2.45) is 7.05 Å². The number of hydrogen-bond acceptors (Lipinski definition) is 2. The van der Waals surface area contributed by atoms with E-state index in [-0.39, 0.29) is 6.04 Å². The van der Waals surface area contributed by atoms with Gasteiger partial charge in [0, 0.05) is 13.2 Å². The van der Waals surface area contributed by atoms with Gasteiger partial charge in [-0.2, -0.15) is 5.10 Å². The van der Waals surface area contributed by atoms with Crippen molar-refractivity contribution in [3.05, 3.63) is 52.3 Å². The fourth-order valence-electron chi connectivity index (χ4n) is 2.54. The molecule has 3 nitrogen and oxygen atoms in total. The number of hydrogen-bond donors (Lipinski definition) is 1. The predicted molar refractivity (Wildman–Crippen MR) is 84.0 cm³/mol. The van der Waals surface area contributed by atoms with Crippen molar-refractivity contribution in [2.75, 3.05) is 6.54 Å². The minimum absolute atomic E-state index is 0.176. The third-order valence-corrected chi connectivity index (χ3v) is 3.82. The molecule has 1 N–H and O–H groups in total. The minimum Gasteiger partial charge on any atom is -0.305 e. The molecule has 0 bridgehead atoms. The van der Waals surface area contributed by atoms with Crippen LogP contribution in [-0.2, 0) is 7.05 Å². The second-order valence-electron chi connectivity index (χ2n) is 5.59. The molecule has 2 aromatic rings. The first-order valence-corrected chi connectivity index (χ1v) is 7.33. The second kappa shape index (κ2) is 6.23. The molecular formula is C17H25N3. The van der Waals surface area contributed by atoms with Crippen LogP contribution >= 0.6 is 0 Å². The molecule has 0 aliphatic rings. The number of rotatable bonds is 5. The molecule has 1 aromatic heterocycles. The molecule has 1 heterocycles. The molecule has 0 aliphatic heterocycles. The molecule has 1 aromatic carbocycles. The van der Waals surface area contributed by atoms with Crippen LogP contribution in [0.1, 0.15) is 47.3 Å². The maximum Gasteiger partial charge on any atom is 0.0839 e. The largest absolute Gasteiger partial charge is 0.305 e. The first-order valence-electron chi connectivity index (χ1n) is 7.33. The highest BCUT2D eigenvalue weighted by Gasteiger charge is 2.18. The van der Waals surface area contributed by atoms with Gasteiger partial charge in [0.1, 0.15) is 0 Å². The maximum atomic E-state index is 4.59. The fraction of sp³-hybridized carbons (Fsp3) is 0.471. The molecule has 0 aliphatic carbocycles. The van der Waals surface area contributed by atoms with E-state index in [1.807, 2.05) is 17.9 Å². The lowest BCUT2D eigenvalue weighted by Gasteiger charge is -2.20. The van der Waals surface area contributed by atoms with Crippen LogP contribution in [0.25, 0.3) is 0 Å². The summed E-state index contributed by atoms with van der Waals surface area (Å²) in [5.41, 5.74) is 6.44. The summed E-state index contributed by atoms with van der Waals surface area (Å²) in [6.45, 7) is 9.71. The zero-order valence-corrected chi connectivity index (χ0v) is 13.2. The van der Waals surface area contributed by atoms with Crippen LogP contribution in [0, 0.1) is 20.8 Å². The molecule has 1 unspecified atom stereocenters.